The highest BCUT2D eigenvalue weighted by molar-refractivity contribution is 6.32. The predicted molar refractivity (Wildman–Crippen MR) is 198 cm³/mol. The van der Waals surface area contributed by atoms with E-state index in [1.807, 2.05) is 78.9 Å². The van der Waals surface area contributed by atoms with E-state index in [2.05, 4.69) is 10.6 Å². The van der Waals surface area contributed by atoms with Crippen molar-refractivity contribution < 1.29 is 38.3 Å². The van der Waals surface area contributed by atoms with Crippen LogP contribution in [-0.2, 0) is 35.2 Å². The van der Waals surface area contributed by atoms with E-state index in [4.69, 9.17) is 25.8 Å². The van der Waals surface area contributed by atoms with Gasteiger partial charge in [-0.05, 0) is 54.7 Å². The van der Waals surface area contributed by atoms with E-state index in [0.29, 0.717) is 0 Å². The summed E-state index contributed by atoms with van der Waals surface area (Å²) in [6, 6.07) is 25.7. The molecule has 1 aliphatic heterocycles. The first-order chi connectivity index (χ1) is 25.8. The molecule has 6 rings (SSSR count). The lowest BCUT2D eigenvalue weighted by Gasteiger charge is -2.43. The minimum Gasteiger partial charge on any atom is -0.458 e. The van der Waals surface area contributed by atoms with Gasteiger partial charge in [-0.3, -0.25) is 19.7 Å². The monoisotopic (exact) mass is 754 g/mol. The molecule has 2 aliphatic rings. The number of carbonyl (C=O) groups excluding carboxylic acids is 4. The van der Waals surface area contributed by atoms with Crippen molar-refractivity contribution in [1.29, 1.82) is 0 Å². The fourth-order valence-corrected chi connectivity index (χ4v) is 6.86. The Labute approximate surface area is 316 Å². The summed E-state index contributed by atoms with van der Waals surface area (Å²) >= 11 is 6.10. The zero-order chi connectivity index (χ0) is 38.6. The maximum atomic E-state index is 14.8. The zero-order valence-corrected chi connectivity index (χ0v) is 30.6. The smallest absolute Gasteiger partial charge is 0.407 e. The van der Waals surface area contributed by atoms with Gasteiger partial charge in [0.25, 0.3) is 5.69 Å². The third kappa shape index (κ3) is 8.53. The Balaban J connectivity index is 1.31. The van der Waals surface area contributed by atoms with Gasteiger partial charge in [0.2, 0.25) is 11.8 Å². The number of nitrogens with one attached hydrogen (secondary N) is 2. The summed E-state index contributed by atoms with van der Waals surface area (Å²) in [4.78, 5) is 67.4. The van der Waals surface area contributed by atoms with Crippen molar-refractivity contribution in [2.45, 2.75) is 63.6 Å². The number of nitrogens with zero attached hydrogens (tertiary/aromatic N) is 2. The number of esters is 1. The molecule has 0 aromatic heterocycles. The second-order valence-corrected chi connectivity index (χ2v) is 14.4. The summed E-state index contributed by atoms with van der Waals surface area (Å²) in [6.45, 7) is 4.59. The lowest BCUT2D eigenvalue weighted by Crippen LogP contribution is -2.63. The lowest BCUT2D eigenvalue weighted by molar-refractivity contribution is -0.384. The lowest BCUT2D eigenvalue weighted by atomic mass is 9.98. The number of rotatable bonds is 11. The fraction of sp³-hybridized carbons (Fsp3) is 0.300. The van der Waals surface area contributed by atoms with Gasteiger partial charge >= 0.3 is 12.1 Å². The molecular formula is C40H39ClN4O9. The number of alkyl carbamates (subject to hydrolysis) is 1. The van der Waals surface area contributed by atoms with E-state index >= 15 is 0 Å². The second-order valence-electron chi connectivity index (χ2n) is 14.0. The molecule has 0 bridgehead atoms. The van der Waals surface area contributed by atoms with Crippen molar-refractivity contribution >= 4 is 41.2 Å². The number of nitro groups is 1. The van der Waals surface area contributed by atoms with E-state index in [-0.39, 0.29) is 36.3 Å². The molecular weight excluding hydrogens is 716 g/mol. The highest BCUT2D eigenvalue weighted by Gasteiger charge is 2.46. The number of fused-ring (bicyclic) bond motifs is 3. The minimum atomic E-state index is -1.48. The van der Waals surface area contributed by atoms with Crippen molar-refractivity contribution in [2.75, 3.05) is 13.2 Å². The number of ether oxygens (including phenoxy) is 3. The first kappa shape index (κ1) is 38.0. The van der Waals surface area contributed by atoms with E-state index in [9.17, 15) is 29.3 Å². The zero-order valence-electron chi connectivity index (χ0n) is 29.8. The predicted octanol–water partition coefficient (Wildman–Crippen LogP) is 6.43. The minimum absolute atomic E-state index is 0.0387. The summed E-state index contributed by atoms with van der Waals surface area (Å²) in [5.41, 5.74) is 3.49. The van der Waals surface area contributed by atoms with E-state index in [1.54, 1.807) is 20.8 Å². The number of hydrogen-bond donors (Lipinski definition) is 2. The van der Waals surface area contributed by atoms with E-state index in [1.165, 1.54) is 12.1 Å². The van der Waals surface area contributed by atoms with Gasteiger partial charge in [0.1, 0.15) is 35.5 Å². The molecule has 1 saturated heterocycles. The van der Waals surface area contributed by atoms with Gasteiger partial charge in [0.15, 0.2) is 0 Å². The summed E-state index contributed by atoms with van der Waals surface area (Å²) in [5.74, 6) is -2.59. The molecule has 1 heterocycles. The van der Waals surface area contributed by atoms with Crippen LogP contribution in [0.4, 0.5) is 10.5 Å². The molecule has 54 heavy (non-hydrogen) atoms. The van der Waals surface area contributed by atoms with Crippen LogP contribution in [0.5, 0.6) is 0 Å². The van der Waals surface area contributed by atoms with Crippen molar-refractivity contribution in [3.8, 4) is 11.1 Å². The number of hydrogen-bond acceptors (Lipinski definition) is 9. The molecule has 4 aromatic rings. The Morgan fingerprint density at radius 1 is 0.963 bits per heavy atom. The van der Waals surface area contributed by atoms with Crippen LogP contribution in [0.2, 0.25) is 5.02 Å². The molecule has 0 spiro atoms. The molecule has 1 fully saturated rings. The highest BCUT2D eigenvalue weighted by atomic mass is 35.5. The fourth-order valence-electron chi connectivity index (χ4n) is 6.67. The number of nitro benzene ring substituents is 1. The van der Waals surface area contributed by atoms with Crippen molar-refractivity contribution in [3.05, 3.63) is 134 Å². The maximum absolute atomic E-state index is 14.8. The normalized spacial score (nSPS) is 17.1. The van der Waals surface area contributed by atoms with E-state index < -0.39 is 64.8 Å². The number of benzene rings is 4. The van der Waals surface area contributed by atoms with Crippen LogP contribution in [0, 0.1) is 10.1 Å². The third-order valence-corrected chi connectivity index (χ3v) is 9.36. The highest BCUT2D eigenvalue weighted by Crippen LogP contribution is 2.44. The molecule has 1 aliphatic carbocycles. The van der Waals surface area contributed by atoms with Gasteiger partial charge in [-0.2, -0.15) is 0 Å². The quantitative estimate of drug-likeness (QED) is 0.0997. The molecule has 0 radical (unpaired) electrons. The van der Waals surface area contributed by atoms with Gasteiger partial charge in [-0.25, -0.2) is 9.59 Å². The molecule has 0 saturated carbocycles. The van der Waals surface area contributed by atoms with Crippen LogP contribution < -0.4 is 10.6 Å². The molecule has 14 heteroatoms. The summed E-state index contributed by atoms with van der Waals surface area (Å²) in [7, 11) is 0. The summed E-state index contributed by atoms with van der Waals surface area (Å²) in [5, 5.41) is 17.0. The Morgan fingerprint density at radius 3 is 2.22 bits per heavy atom. The number of halogens is 1. The Bertz CT molecular complexity index is 2020. The van der Waals surface area contributed by atoms with Crippen LogP contribution in [0.15, 0.2) is 97.1 Å². The molecule has 280 valence electrons. The molecule has 2 N–H and O–H groups in total. The van der Waals surface area contributed by atoms with Gasteiger partial charge in [-0.15, -0.1) is 0 Å². The average molecular weight is 755 g/mol. The van der Waals surface area contributed by atoms with Gasteiger partial charge in [-0.1, -0.05) is 96.5 Å². The SMILES string of the molecule is CC(C)(C)OC(=O)[C@@H]1CC(=O)N[C@H](c2ccc(Cl)c([N+](=O)[O-])c2)N1C(=O)[C@H](COCc1ccccc1)NC(=O)OCC1c2ccccc2-c2ccccc21. The first-order valence-electron chi connectivity index (χ1n) is 17.3. The number of carbonyl (C=O) groups is 4. The standard InChI is InChI=1S/C40H39ClN4O9/c1-40(2,3)54-38(48)34-20-35(46)43-36(25-17-18-31(41)33(19-25)45(50)51)44(34)37(47)32(23-52-21-24-11-5-4-6-12-24)42-39(49)53-22-30-28-15-9-7-13-26(28)27-14-8-10-16-29(27)30/h4-19,30,32,34,36H,20-23H2,1-3H3,(H,42,49)(H,43,46)/t32-,34-,36-/m0/s1. The molecule has 3 amide bonds. The van der Waals surface area contributed by atoms with E-state index in [0.717, 1.165) is 38.8 Å². The second kappa shape index (κ2) is 16.1. The molecule has 4 aromatic carbocycles. The van der Waals surface area contributed by atoms with Gasteiger partial charge < -0.3 is 29.7 Å². The van der Waals surface area contributed by atoms with Crippen LogP contribution in [0.3, 0.4) is 0 Å². The summed E-state index contributed by atoms with van der Waals surface area (Å²) < 4.78 is 17.3. The van der Waals surface area contributed by atoms with Crippen LogP contribution >= 0.6 is 11.6 Å². The Morgan fingerprint density at radius 2 is 1.59 bits per heavy atom. The third-order valence-electron chi connectivity index (χ3n) is 9.04. The molecule has 3 atom stereocenters. The average Bonchev–Trinajstić information content (AvgIpc) is 3.46. The van der Waals surface area contributed by atoms with Crippen molar-refractivity contribution in [3.63, 3.8) is 0 Å². The molecule has 0 unspecified atom stereocenters. The largest absolute Gasteiger partial charge is 0.458 e. The van der Waals surface area contributed by atoms with Crippen LogP contribution in [0.25, 0.3) is 11.1 Å². The first-order valence-corrected chi connectivity index (χ1v) is 17.7. The van der Waals surface area contributed by atoms with Crippen LogP contribution in [-0.4, -0.2) is 64.6 Å². The van der Waals surface area contributed by atoms with Gasteiger partial charge in [0.05, 0.1) is 24.6 Å². The maximum Gasteiger partial charge on any atom is 0.407 e. The summed E-state index contributed by atoms with van der Waals surface area (Å²) in [6.07, 6.45) is -2.80. The topological polar surface area (TPSA) is 166 Å². The van der Waals surface area contributed by atoms with Crippen molar-refractivity contribution in [1.82, 2.24) is 15.5 Å². The molecule has 13 nitrogen and oxygen atoms in total. The van der Waals surface area contributed by atoms with Crippen LogP contribution in [0.1, 0.15) is 61.5 Å². The Hall–Kier alpha value is -5.79. The Kier molecular flexibility index (Phi) is 11.3. The van der Waals surface area contributed by atoms with Gasteiger partial charge in [0, 0.05) is 17.5 Å². The van der Waals surface area contributed by atoms with Crippen molar-refractivity contribution in [2.24, 2.45) is 0 Å². The number of amides is 3.